The average Bonchev–Trinajstić information content (AvgIpc) is 2.73. The van der Waals surface area contributed by atoms with Crippen LogP contribution in [0, 0.1) is 6.92 Å². The van der Waals surface area contributed by atoms with Gasteiger partial charge in [0.05, 0.1) is 5.69 Å². The number of aryl methyl sites for hydroxylation is 2. The molecule has 21 heavy (non-hydrogen) atoms. The highest BCUT2D eigenvalue weighted by atomic mass is 35.5. The maximum absolute atomic E-state index is 12.4. The van der Waals surface area contributed by atoms with E-state index in [9.17, 15) is 4.79 Å². The molecule has 0 bridgehead atoms. The second kappa shape index (κ2) is 5.41. The van der Waals surface area contributed by atoms with Gasteiger partial charge in [0.15, 0.2) is 17.3 Å². The Morgan fingerprint density at radius 3 is 2.71 bits per heavy atom. The highest BCUT2D eigenvalue weighted by Crippen LogP contribution is 2.31. The highest BCUT2D eigenvalue weighted by Gasteiger charge is 2.18. The summed E-state index contributed by atoms with van der Waals surface area (Å²) in [7, 11) is 1.76. The van der Waals surface area contributed by atoms with Crippen LogP contribution in [-0.2, 0) is 13.5 Å². The number of hydrogen-bond acceptors (Lipinski definition) is 4. The van der Waals surface area contributed by atoms with Crippen LogP contribution in [0.25, 0.3) is 0 Å². The normalized spacial score (nSPS) is 13.3. The molecule has 1 aromatic heterocycles. The predicted molar refractivity (Wildman–Crippen MR) is 78.4 cm³/mol. The molecule has 6 heteroatoms. The van der Waals surface area contributed by atoms with E-state index in [1.807, 2.05) is 6.92 Å². The third kappa shape index (κ3) is 2.61. The summed E-state index contributed by atoms with van der Waals surface area (Å²) in [6, 6.07) is 5.23. The van der Waals surface area contributed by atoms with E-state index in [0.717, 1.165) is 11.3 Å². The number of aromatic nitrogens is 2. The van der Waals surface area contributed by atoms with E-state index in [-0.39, 0.29) is 12.2 Å². The zero-order valence-electron chi connectivity index (χ0n) is 11.9. The van der Waals surface area contributed by atoms with E-state index in [2.05, 4.69) is 5.10 Å². The summed E-state index contributed by atoms with van der Waals surface area (Å²) >= 11 is 6.16. The number of fused-ring (bicyclic) bond motifs is 1. The van der Waals surface area contributed by atoms with Gasteiger partial charge in [-0.2, -0.15) is 5.10 Å². The van der Waals surface area contributed by atoms with Gasteiger partial charge in [-0.1, -0.05) is 11.6 Å². The van der Waals surface area contributed by atoms with Crippen LogP contribution in [0.1, 0.15) is 21.6 Å². The van der Waals surface area contributed by atoms with E-state index >= 15 is 0 Å². The van der Waals surface area contributed by atoms with Crippen molar-refractivity contribution < 1.29 is 14.3 Å². The molecule has 1 aliphatic heterocycles. The smallest absolute Gasteiger partial charge is 0.167 e. The van der Waals surface area contributed by atoms with Crippen molar-refractivity contribution in [3.8, 4) is 11.5 Å². The van der Waals surface area contributed by atoms with Crippen LogP contribution in [0.2, 0.25) is 5.15 Å². The van der Waals surface area contributed by atoms with Gasteiger partial charge in [0.25, 0.3) is 0 Å². The number of nitrogens with zero attached hydrogens (tertiary/aromatic N) is 2. The zero-order chi connectivity index (χ0) is 15.0. The third-order valence-corrected chi connectivity index (χ3v) is 3.94. The van der Waals surface area contributed by atoms with Crippen molar-refractivity contribution in [1.29, 1.82) is 0 Å². The lowest BCUT2D eigenvalue weighted by atomic mass is 10.0. The Kier molecular flexibility index (Phi) is 3.59. The van der Waals surface area contributed by atoms with Gasteiger partial charge in [-0.25, -0.2) is 0 Å². The summed E-state index contributed by atoms with van der Waals surface area (Å²) in [6.45, 7) is 2.88. The van der Waals surface area contributed by atoms with Crippen LogP contribution in [-0.4, -0.2) is 28.8 Å². The summed E-state index contributed by atoms with van der Waals surface area (Å²) < 4.78 is 12.5. The van der Waals surface area contributed by atoms with Crippen molar-refractivity contribution in [3.05, 3.63) is 40.2 Å². The number of ether oxygens (including phenoxy) is 2. The number of hydrogen-bond donors (Lipinski definition) is 0. The van der Waals surface area contributed by atoms with Crippen LogP contribution in [0.15, 0.2) is 18.2 Å². The lowest BCUT2D eigenvalue weighted by Gasteiger charge is -2.18. The fourth-order valence-electron chi connectivity index (χ4n) is 2.35. The average molecular weight is 307 g/mol. The van der Waals surface area contributed by atoms with Gasteiger partial charge >= 0.3 is 0 Å². The SMILES string of the molecule is Cc1nn(C)c(Cl)c1CC(=O)c1ccc2c(c1)OCCO2. The van der Waals surface area contributed by atoms with Crippen LogP contribution in [0.4, 0.5) is 0 Å². The summed E-state index contributed by atoms with van der Waals surface area (Å²) in [4.78, 5) is 12.4. The Bertz CT molecular complexity index is 709. The van der Waals surface area contributed by atoms with Gasteiger partial charge in [-0.3, -0.25) is 9.48 Å². The Morgan fingerprint density at radius 2 is 2.05 bits per heavy atom. The monoisotopic (exact) mass is 306 g/mol. The predicted octanol–water partition coefficient (Wildman–Crippen LogP) is 2.58. The van der Waals surface area contributed by atoms with Crippen molar-refractivity contribution >= 4 is 17.4 Å². The molecule has 0 spiro atoms. The molecule has 0 amide bonds. The van der Waals surface area contributed by atoms with E-state index in [1.54, 1.807) is 29.9 Å². The van der Waals surface area contributed by atoms with E-state index in [1.165, 1.54) is 0 Å². The first-order valence-electron chi connectivity index (χ1n) is 6.67. The van der Waals surface area contributed by atoms with Crippen molar-refractivity contribution in [3.63, 3.8) is 0 Å². The fraction of sp³-hybridized carbons (Fsp3) is 0.333. The first kappa shape index (κ1) is 13.9. The minimum absolute atomic E-state index is 0.0232. The van der Waals surface area contributed by atoms with Gasteiger partial charge in [0.1, 0.15) is 18.4 Å². The molecule has 1 aromatic carbocycles. The van der Waals surface area contributed by atoms with Gasteiger partial charge in [0, 0.05) is 24.6 Å². The van der Waals surface area contributed by atoms with Crippen LogP contribution >= 0.6 is 11.6 Å². The quantitative estimate of drug-likeness (QED) is 0.818. The van der Waals surface area contributed by atoms with E-state index in [0.29, 0.717) is 35.4 Å². The number of rotatable bonds is 3. The van der Waals surface area contributed by atoms with Crippen LogP contribution in [0.5, 0.6) is 11.5 Å². The molecule has 0 fully saturated rings. The third-order valence-electron chi connectivity index (χ3n) is 3.47. The molecule has 0 aliphatic carbocycles. The molecule has 0 unspecified atom stereocenters. The first-order chi connectivity index (χ1) is 10.1. The topological polar surface area (TPSA) is 53.4 Å². The summed E-state index contributed by atoms with van der Waals surface area (Å²) in [5, 5.41) is 4.71. The molecule has 110 valence electrons. The van der Waals surface area contributed by atoms with Gasteiger partial charge in [-0.05, 0) is 25.1 Å². The largest absolute Gasteiger partial charge is 0.486 e. The molecule has 2 aromatic rings. The van der Waals surface area contributed by atoms with Gasteiger partial charge in [0.2, 0.25) is 0 Å². The molecule has 0 saturated heterocycles. The number of benzene rings is 1. The number of halogens is 1. The van der Waals surface area contributed by atoms with Crippen LogP contribution in [0.3, 0.4) is 0 Å². The molecule has 1 aliphatic rings. The second-order valence-electron chi connectivity index (χ2n) is 4.94. The number of Topliss-reactive ketones (excluding diaryl/α,β-unsaturated/α-hetero) is 1. The van der Waals surface area contributed by atoms with E-state index < -0.39 is 0 Å². The zero-order valence-corrected chi connectivity index (χ0v) is 12.6. The lowest BCUT2D eigenvalue weighted by Crippen LogP contribution is -2.16. The molecule has 0 N–H and O–H groups in total. The minimum atomic E-state index is -0.0232. The summed E-state index contributed by atoms with van der Waals surface area (Å²) in [5.41, 5.74) is 2.12. The molecule has 0 radical (unpaired) electrons. The molecule has 0 atom stereocenters. The summed E-state index contributed by atoms with van der Waals surface area (Å²) in [6.07, 6.45) is 0.220. The Balaban J connectivity index is 1.85. The molecular formula is C15H15ClN2O3. The van der Waals surface area contributed by atoms with Crippen molar-refractivity contribution in [2.45, 2.75) is 13.3 Å². The van der Waals surface area contributed by atoms with E-state index in [4.69, 9.17) is 21.1 Å². The first-order valence-corrected chi connectivity index (χ1v) is 7.05. The maximum atomic E-state index is 12.4. The maximum Gasteiger partial charge on any atom is 0.167 e. The van der Waals surface area contributed by atoms with Crippen molar-refractivity contribution in [2.24, 2.45) is 7.05 Å². The Morgan fingerprint density at radius 1 is 1.33 bits per heavy atom. The van der Waals surface area contributed by atoms with Crippen LogP contribution < -0.4 is 9.47 Å². The molecule has 0 saturated carbocycles. The molecular weight excluding hydrogens is 292 g/mol. The Hall–Kier alpha value is -2.01. The van der Waals surface area contributed by atoms with Crippen molar-refractivity contribution in [2.75, 3.05) is 13.2 Å². The van der Waals surface area contributed by atoms with Gasteiger partial charge < -0.3 is 9.47 Å². The number of ketones is 1. The standard InChI is InChI=1S/C15H15ClN2O3/c1-9-11(15(16)18(2)17-9)8-12(19)10-3-4-13-14(7-10)21-6-5-20-13/h3-4,7H,5-6,8H2,1-2H3. The molecule has 5 nitrogen and oxygen atoms in total. The fourth-order valence-corrected chi connectivity index (χ4v) is 2.60. The summed E-state index contributed by atoms with van der Waals surface area (Å²) in [5.74, 6) is 1.26. The van der Waals surface area contributed by atoms with Crippen molar-refractivity contribution in [1.82, 2.24) is 9.78 Å². The second-order valence-corrected chi connectivity index (χ2v) is 5.29. The molecule has 2 heterocycles. The Labute approximate surface area is 127 Å². The molecule has 3 rings (SSSR count). The number of carbonyl (C=O) groups excluding carboxylic acids is 1. The minimum Gasteiger partial charge on any atom is -0.486 e. The highest BCUT2D eigenvalue weighted by molar-refractivity contribution is 6.30. The number of carbonyl (C=O) groups is 1. The lowest BCUT2D eigenvalue weighted by molar-refractivity contribution is 0.0991. The van der Waals surface area contributed by atoms with Gasteiger partial charge in [-0.15, -0.1) is 0 Å².